The molecule has 0 radical (unpaired) electrons. The molecule has 0 bridgehead atoms. The van der Waals surface area contributed by atoms with E-state index < -0.39 is 245 Å². The van der Waals surface area contributed by atoms with Gasteiger partial charge in [0.1, 0.15) is 73.6 Å². The summed E-state index contributed by atoms with van der Waals surface area (Å²) in [6.45, 7) is 15.9. The standard InChI is InChI=1S/2C37H43N7O18/c2*1-16(45)53-14-28-30(55-18(3)47)32(57-20(5)49)34(59-22(7)51)36(61-28)43-12-26(39-41-43)24-10-9-11-25(38-24)27-13-44(42-40-27)37-35(60-23(8)52)33(58-21(6)50)31(56-19(4)48)29(62-37)15-54-17(2)46/h2*9-13,28-37H,14-15H2,1-8H3/t2*28-,29-,30+,31+,32+,33+,34-,35-,36-,37-/m11/s1. The van der Waals surface area contributed by atoms with Gasteiger partial charge in [0, 0.05) is 111 Å². The summed E-state index contributed by atoms with van der Waals surface area (Å²) >= 11 is 0. The van der Waals surface area contributed by atoms with E-state index in [4.69, 9.17) is 94.7 Å². The summed E-state index contributed by atoms with van der Waals surface area (Å²) in [5, 5.41) is 33.4. The third-order valence-corrected chi connectivity index (χ3v) is 17.5. The largest absolute Gasteiger partial charge is 0.463 e. The van der Waals surface area contributed by atoms with E-state index in [9.17, 15) is 76.7 Å². The Labute approximate surface area is 701 Å². The molecule has 50 nitrogen and oxygen atoms in total. The highest BCUT2D eigenvalue weighted by atomic mass is 16.7. The predicted octanol–water partition coefficient (Wildman–Crippen LogP) is 0.220. The Kier molecular flexibility index (Phi) is 32.0. The van der Waals surface area contributed by atoms with Crippen molar-refractivity contribution in [3.05, 3.63) is 61.2 Å². The molecule has 0 saturated carbocycles. The highest BCUT2D eigenvalue weighted by Crippen LogP contribution is 2.41. The van der Waals surface area contributed by atoms with Crippen molar-refractivity contribution in [2.75, 3.05) is 26.4 Å². The molecule has 0 unspecified atom stereocenters. The minimum absolute atomic E-state index is 0.145. The molecule has 4 saturated heterocycles. The molecule has 0 amide bonds. The molecular weight excluding hydrogens is 1660 g/mol. The van der Waals surface area contributed by atoms with Crippen molar-refractivity contribution in [1.29, 1.82) is 0 Å². The van der Waals surface area contributed by atoms with Crippen LogP contribution in [0, 0.1) is 0 Å². The molecule has 0 aromatic carbocycles. The van der Waals surface area contributed by atoms with E-state index in [1.165, 1.54) is 24.8 Å². The number of ether oxygens (including phenoxy) is 20. The number of hydrogen-bond acceptors (Lipinski definition) is 46. The second-order valence-electron chi connectivity index (χ2n) is 27.5. The maximum Gasteiger partial charge on any atom is 0.303 e. The first-order valence-corrected chi connectivity index (χ1v) is 37.5. The summed E-state index contributed by atoms with van der Waals surface area (Å²) in [6, 6.07) is 9.53. The summed E-state index contributed by atoms with van der Waals surface area (Å²) in [4.78, 5) is 203. The van der Waals surface area contributed by atoms with Gasteiger partial charge in [-0.1, -0.05) is 33.0 Å². The lowest BCUT2D eigenvalue weighted by molar-refractivity contribution is -0.270. The normalized spacial score (nSPS) is 25.6. The lowest BCUT2D eigenvalue weighted by Crippen LogP contribution is -2.60. The number of hydrogen-bond donors (Lipinski definition) is 0. The van der Waals surface area contributed by atoms with Crippen LogP contribution in [0.1, 0.15) is 136 Å². The topological polar surface area (TPSA) is 606 Å². The van der Waals surface area contributed by atoms with E-state index in [1.54, 1.807) is 36.4 Å². The zero-order valence-electron chi connectivity index (χ0n) is 69.1. The van der Waals surface area contributed by atoms with Crippen molar-refractivity contribution in [2.24, 2.45) is 0 Å². The molecule has 4 aliphatic heterocycles. The number of carbonyl (C=O) groups excluding carboxylic acids is 16. The molecule has 10 rings (SSSR count). The number of esters is 16. The number of pyridine rings is 2. The minimum Gasteiger partial charge on any atom is -0.463 e. The molecule has 668 valence electrons. The summed E-state index contributed by atoms with van der Waals surface area (Å²) in [5.74, 6) is -12.5. The molecule has 124 heavy (non-hydrogen) atoms. The van der Waals surface area contributed by atoms with Crippen molar-refractivity contribution >= 4 is 95.5 Å². The molecule has 0 spiro atoms. The van der Waals surface area contributed by atoms with Gasteiger partial charge < -0.3 is 94.7 Å². The smallest absolute Gasteiger partial charge is 0.303 e. The molecule has 20 atom stereocenters. The first kappa shape index (κ1) is 94.1. The zero-order chi connectivity index (χ0) is 90.8. The van der Waals surface area contributed by atoms with Crippen LogP contribution in [0.25, 0.3) is 45.6 Å². The predicted molar refractivity (Wildman–Crippen MR) is 393 cm³/mol. The Morgan fingerprint density at radius 3 is 0.556 bits per heavy atom. The van der Waals surface area contributed by atoms with Gasteiger partial charge in [-0.2, -0.15) is 0 Å². The summed E-state index contributed by atoms with van der Waals surface area (Å²) in [7, 11) is 0. The van der Waals surface area contributed by atoms with Gasteiger partial charge in [0.15, 0.2) is 98.2 Å². The summed E-state index contributed by atoms with van der Waals surface area (Å²) < 4.78 is 116. The van der Waals surface area contributed by atoms with Crippen molar-refractivity contribution in [1.82, 2.24) is 69.9 Å². The first-order chi connectivity index (χ1) is 58.6. The molecular formula is C74H86N14O36. The number of rotatable bonds is 28. The molecule has 50 heteroatoms. The SMILES string of the molecule is CC(=O)OC[C@H]1O[C@@H](n2cc(-c3cccc(-c4cn([C@@H]5O[C@H](COC(C)=O)[C@H](OC(C)=O)[C@H](OC(C)=O)[C@H]5OC(C)=O)nn4)n3)nn2)[C@H](OC(C)=O)[C@@H](OC(C)=O)[C@H]1OC(C)=O.CC(=O)OC[C@H]1O[C@@H](n2cc(-c3cccc(-c4cn([C@@H]5O[C@H](COC(C)=O)[C@H](OC(C)=O)[C@H](OC(C)=O)[C@H]5OC(C)=O)nn4)n3)nn2)[C@H](OC(C)=O)[C@@H](OC(C)=O)[C@H]1OC(C)=O. The molecule has 6 aromatic heterocycles. The average Bonchev–Trinajstić information content (AvgIpc) is 0.883. The number of aromatic nitrogens is 14. The molecule has 0 aliphatic carbocycles. The summed E-state index contributed by atoms with van der Waals surface area (Å²) in [6.07, 6.45) is -22.3. The highest BCUT2D eigenvalue weighted by Gasteiger charge is 2.58. The fourth-order valence-corrected chi connectivity index (χ4v) is 13.2. The van der Waals surface area contributed by atoms with Crippen LogP contribution < -0.4 is 0 Å². The van der Waals surface area contributed by atoms with Gasteiger partial charge in [-0.25, -0.2) is 28.7 Å². The van der Waals surface area contributed by atoms with Gasteiger partial charge in [0.2, 0.25) is 0 Å². The van der Waals surface area contributed by atoms with E-state index in [2.05, 4.69) is 51.2 Å². The Hall–Kier alpha value is -13.8. The van der Waals surface area contributed by atoms with Gasteiger partial charge in [-0.05, 0) is 24.3 Å². The van der Waals surface area contributed by atoms with Crippen molar-refractivity contribution in [3.63, 3.8) is 0 Å². The van der Waals surface area contributed by atoms with E-state index in [1.807, 2.05) is 0 Å². The maximum absolute atomic E-state index is 12.3. The minimum atomic E-state index is -1.46. The first-order valence-electron chi connectivity index (χ1n) is 37.5. The Balaban J connectivity index is 0.000000281. The molecule has 4 aliphatic rings. The van der Waals surface area contributed by atoms with Crippen LogP contribution >= 0.6 is 0 Å². The van der Waals surface area contributed by atoms with Crippen LogP contribution in [0.3, 0.4) is 0 Å². The van der Waals surface area contributed by atoms with Crippen molar-refractivity contribution < 1.29 is 171 Å². The molecule has 4 fully saturated rings. The van der Waals surface area contributed by atoms with Crippen molar-refractivity contribution in [2.45, 2.75) is 233 Å². The lowest BCUT2D eigenvalue weighted by atomic mass is 9.97. The van der Waals surface area contributed by atoms with Gasteiger partial charge >= 0.3 is 95.5 Å². The van der Waals surface area contributed by atoms with Crippen LogP contribution in [-0.4, -0.2) is 290 Å². The molecule has 6 aromatic rings. The van der Waals surface area contributed by atoms with Crippen molar-refractivity contribution in [3.8, 4) is 45.6 Å². The average molecular weight is 1750 g/mol. The van der Waals surface area contributed by atoms with E-state index in [-0.39, 0.29) is 45.6 Å². The number of nitrogens with zero attached hydrogens (tertiary/aromatic N) is 14. The Bertz CT molecular complexity index is 4360. The highest BCUT2D eigenvalue weighted by molar-refractivity contribution is 5.73. The third-order valence-electron chi connectivity index (χ3n) is 17.5. The summed E-state index contributed by atoms with van der Waals surface area (Å²) in [5.41, 5.74) is 1.47. The van der Waals surface area contributed by atoms with Gasteiger partial charge in [0.25, 0.3) is 0 Å². The van der Waals surface area contributed by atoms with Crippen LogP contribution in [0.5, 0.6) is 0 Å². The second kappa shape index (κ2) is 42.1. The van der Waals surface area contributed by atoms with Crippen LogP contribution in [0.4, 0.5) is 0 Å². The maximum atomic E-state index is 12.3. The van der Waals surface area contributed by atoms with Gasteiger partial charge in [-0.3, -0.25) is 76.7 Å². The van der Waals surface area contributed by atoms with Gasteiger partial charge in [-0.15, -0.1) is 20.4 Å². The Morgan fingerprint density at radius 2 is 0.395 bits per heavy atom. The Morgan fingerprint density at radius 1 is 0.234 bits per heavy atom. The zero-order valence-corrected chi connectivity index (χ0v) is 69.1. The van der Waals surface area contributed by atoms with Crippen LogP contribution in [-0.2, 0) is 171 Å². The van der Waals surface area contributed by atoms with E-state index in [0.29, 0.717) is 0 Å². The number of carbonyl (C=O) groups is 16. The third kappa shape index (κ3) is 25.2. The fraction of sp³-hybridized carbons (Fsp3) is 0.541. The lowest BCUT2D eigenvalue weighted by Gasteiger charge is -2.44. The molecule has 10 heterocycles. The van der Waals surface area contributed by atoms with E-state index >= 15 is 0 Å². The molecule has 0 N–H and O–H groups in total. The van der Waals surface area contributed by atoms with Crippen LogP contribution in [0.2, 0.25) is 0 Å². The monoisotopic (exact) mass is 1750 g/mol. The van der Waals surface area contributed by atoms with Crippen LogP contribution in [0.15, 0.2) is 61.2 Å². The second-order valence-corrected chi connectivity index (χ2v) is 27.5. The van der Waals surface area contributed by atoms with Gasteiger partial charge in [0.05, 0.1) is 47.6 Å². The van der Waals surface area contributed by atoms with E-state index in [0.717, 1.165) is 130 Å². The quantitative estimate of drug-likeness (QED) is 0.0468. The fourth-order valence-electron chi connectivity index (χ4n) is 13.2.